The fourth-order valence-corrected chi connectivity index (χ4v) is 2.16. The number of piperidine rings is 1. The van der Waals surface area contributed by atoms with Gasteiger partial charge >= 0.3 is 0 Å². The standard InChI is InChI=1S/C12H18N4O/c1-8-9(2)14-15-12(13-8)16-7-5-4-6-11(16)10(3)17/h11H,4-7H2,1-3H3. The zero-order valence-electron chi connectivity index (χ0n) is 10.6. The summed E-state index contributed by atoms with van der Waals surface area (Å²) >= 11 is 0. The van der Waals surface area contributed by atoms with Crippen LogP contribution in [0, 0.1) is 13.8 Å². The molecule has 0 bridgehead atoms. The molecule has 0 N–H and O–H groups in total. The summed E-state index contributed by atoms with van der Waals surface area (Å²) in [4.78, 5) is 18.0. The monoisotopic (exact) mass is 234 g/mol. The van der Waals surface area contributed by atoms with Crippen molar-refractivity contribution in [3.05, 3.63) is 11.4 Å². The van der Waals surface area contributed by atoms with Gasteiger partial charge in [-0.15, -0.1) is 5.10 Å². The van der Waals surface area contributed by atoms with Crippen LogP contribution in [-0.4, -0.2) is 33.6 Å². The van der Waals surface area contributed by atoms with Crippen molar-refractivity contribution in [3.63, 3.8) is 0 Å². The van der Waals surface area contributed by atoms with Crippen molar-refractivity contribution in [1.82, 2.24) is 15.2 Å². The predicted octanol–water partition coefficient (Wildman–Crippen LogP) is 1.44. The van der Waals surface area contributed by atoms with Gasteiger partial charge in [-0.25, -0.2) is 4.98 Å². The Morgan fingerprint density at radius 3 is 2.65 bits per heavy atom. The third kappa shape index (κ3) is 2.43. The van der Waals surface area contributed by atoms with Crippen LogP contribution in [0.4, 0.5) is 5.95 Å². The van der Waals surface area contributed by atoms with E-state index in [0.717, 1.165) is 37.2 Å². The molecular formula is C12H18N4O. The number of hydrogen-bond donors (Lipinski definition) is 0. The van der Waals surface area contributed by atoms with Gasteiger partial charge in [-0.2, -0.15) is 5.10 Å². The lowest BCUT2D eigenvalue weighted by Crippen LogP contribution is -2.45. The third-order valence-corrected chi connectivity index (χ3v) is 3.31. The zero-order valence-corrected chi connectivity index (χ0v) is 10.6. The number of ketones is 1. The molecule has 1 atom stereocenters. The third-order valence-electron chi connectivity index (χ3n) is 3.31. The number of carbonyl (C=O) groups is 1. The molecular weight excluding hydrogens is 216 g/mol. The summed E-state index contributed by atoms with van der Waals surface area (Å²) < 4.78 is 0. The molecule has 17 heavy (non-hydrogen) atoms. The average molecular weight is 234 g/mol. The van der Waals surface area contributed by atoms with Crippen molar-refractivity contribution in [2.75, 3.05) is 11.4 Å². The summed E-state index contributed by atoms with van der Waals surface area (Å²) in [7, 11) is 0. The molecule has 1 fully saturated rings. The van der Waals surface area contributed by atoms with E-state index in [1.807, 2.05) is 18.7 Å². The Morgan fingerprint density at radius 1 is 1.24 bits per heavy atom. The number of carbonyl (C=O) groups excluding carboxylic acids is 1. The summed E-state index contributed by atoms with van der Waals surface area (Å²) in [6, 6.07) is -0.0762. The summed E-state index contributed by atoms with van der Waals surface area (Å²) in [5.41, 5.74) is 1.72. The smallest absolute Gasteiger partial charge is 0.246 e. The van der Waals surface area contributed by atoms with Crippen molar-refractivity contribution in [1.29, 1.82) is 0 Å². The van der Waals surface area contributed by atoms with E-state index in [2.05, 4.69) is 15.2 Å². The van der Waals surface area contributed by atoms with E-state index in [-0.39, 0.29) is 11.8 Å². The second-order valence-corrected chi connectivity index (χ2v) is 4.60. The SMILES string of the molecule is CC(=O)C1CCCCN1c1nnc(C)c(C)n1. The van der Waals surface area contributed by atoms with E-state index in [9.17, 15) is 4.79 Å². The van der Waals surface area contributed by atoms with Crippen molar-refractivity contribution >= 4 is 11.7 Å². The summed E-state index contributed by atoms with van der Waals surface area (Å²) in [6.45, 7) is 6.28. The minimum absolute atomic E-state index is 0.0762. The lowest BCUT2D eigenvalue weighted by Gasteiger charge is -2.33. The van der Waals surface area contributed by atoms with Gasteiger partial charge in [0.05, 0.1) is 17.4 Å². The van der Waals surface area contributed by atoms with E-state index in [1.54, 1.807) is 6.92 Å². The van der Waals surface area contributed by atoms with Crippen molar-refractivity contribution in [2.24, 2.45) is 0 Å². The van der Waals surface area contributed by atoms with Gasteiger partial charge in [-0.3, -0.25) is 4.79 Å². The van der Waals surface area contributed by atoms with Crippen LogP contribution < -0.4 is 4.90 Å². The quantitative estimate of drug-likeness (QED) is 0.775. The van der Waals surface area contributed by atoms with Gasteiger partial charge in [0, 0.05) is 6.54 Å². The second-order valence-electron chi connectivity index (χ2n) is 4.60. The van der Waals surface area contributed by atoms with Crippen LogP contribution in [0.1, 0.15) is 37.6 Å². The minimum atomic E-state index is -0.0762. The molecule has 1 aromatic heterocycles. The molecule has 2 heterocycles. The van der Waals surface area contributed by atoms with E-state index in [1.165, 1.54) is 0 Å². The summed E-state index contributed by atoms with van der Waals surface area (Å²) in [5.74, 6) is 0.777. The van der Waals surface area contributed by atoms with Crippen molar-refractivity contribution in [3.8, 4) is 0 Å². The number of Topliss-reactive ketones (excluding diaryl/α,β-unsaturated/α-hetero) is 1. The predicted molar refractivity (Wildman–Crippen MR) is 65.0 cm³/mol. The Hall–Kier alpha value is -1.52. The first-order valence-electron chi connectivity index (χ1n) is 6.04. The van der Waals surface area contributed by atoms with Crippen LogP contribution in [0.25, 0.3) is 0 Å². The van der Waals surface area contributed by atoms with E-state index in [0.29, 0.717) is 5.95 Å². The molecule has 1 aromatic rings. The normalized spacial score (nSPS) is 20.4. The topological polar surface area (TPSA) is 59.0 Å². The number of rotatable bonds is 2. The van der Waals surface area contributed by atoms with Gasteiger partial charge in [0.15, 0.2) is 5.78 Å². The largest absolute Gasteiger partial charge is 0.329 e. The lowest BCUT2D eigenvalue weighted by atomic mass is 10.00. The maximum absolute atomic E-state index is 11.6. The van der Waals surface area contributed by atoms with Gasteiger partial charge < -0.3 is 4.90 Å². The molecule has 2 rings (SSSR count). The van der Waals surface area contributed by atoms with Crippen LogP contribution in [0.2, 0.25) is 0 Å². The van der Waals surface area contributed by atoms with E-state index < -0.39 is 0 Å². The molecule has 0 saturated carbocycles. The molecule has 0 amide bonds. The molecule has 0 spiro atoms. The maximum atomic E-state index is 11.6. The lowest BCUT2D eigenvalue weighted by molar-refractivity contribution is -0.118. The zero-order chi connectivity index (χ0) is 12.4. The average Bonchev–Trinajstić information content (AvgIpc) is 2.32. The molecule has 1 saturated heterocycles. The molecule has 5 heteroatoms. The number of aromatic nitrogens is 3. The highest BCUT2D eigenvalue weighted by molar-refractivity contribution is 5.84. The summed E-state index contributed by atoms with van der Waals surface area (Å²) in [6.07, 6.45) is 3.07. The Kier molecular flexibility index (Phi) is 3.36. The number of nitrogens with zero attached hydrogens (tertiary/aromatic N) is 4. The van der Waals surface area contributed by atoms with E-state index >= 15 is 0 Å². The van der Waals surface area contributed by atoms with Crippen molar-refractivity contribution in [2.45, 2.75) is 46.1 Å². The van der Waals surface area contributed by atoms with Crippen LogP contribution in [-0.2, 0) is 4.79 Å². The molecule has 92 valence electrons. The molecule has 1 unspecified atom stereocenters. The van der Waals surface area contributed by atoms with Crippen LogP contribution in [0.15, 0.2) is 0 Å². The van der Waals surface area contributed by atoms with Crippen LogP contribution in [0.3, 0.4) is 0 Å². The molecule has 1 aliphatic rings. The summed E-state index contributed by atoms with van der Waals surface area (Å²) in [5, 5.41) is 8.19. The Morgan fingerprint density at radius 2 is 2.00 bits per heavy atom. The van der Waals surface area contributed by atoms with E-state index in [4.69, 9.17) is 0 Å². The highest BCUT2D eigenvalue weighted by atomic mass is 16.1. The highest BCUT2D eigenvalue weighted by Gasteiger charge is 2.28. The Bertz CT molecular complexity index is 433. The number of anilines is 1. The first kappa shape index (κ1) is 12.0. The number of aryl methyl sites for hydroxylation is 2. The second kappa shape index (κ2) is 4.77. The first-order valence-corrected chi connectivity index (χ1v) is 6.04. The Balaban J connectivity index is 2.29. The number of hydrogen-bond acceptors (Lipinski definition) is 5. The van der Waals surface area contributed by atoms with Gasteiger partial charge in [0.1, 0.15) is 0 Å². The fourth-order valence-electron chi connectivity index (χ4n) is 2.16. The van der Waals surface area contributed by atoms with Gasteiger partial charge in [-0.05, 0) is 40.0 Å². The molecule has 5 nitrogen and oxygen atoms in total. The fraction of sp³-hybridized carbons (Fsp3) is 0.667. The molecule has 0 aliphatic carbocycles. The minimum Gasteiger partial charge on any atom is -0.329 e. The molecule has 0 radical (unpaired) electrons. The highest BCUT2D eigenvalue weighted by Crippen LogP contribution is 2.22. The van der Waals surface area contributed by atoms with Gasteiger partial charge in [0.25, 0.3) is 0 Å². The molecule has 1 aliphatic heterocycles. The van der Waals surface area contributed by atoms with Gasteiger partial charge in [-0.1, -0.05) is 0 Å². The Labute approximate surface area is 101 Å². The van der Waals surface area contributed by atoms with Crippen molar-refractivity contribution < 1.29 is 4.79 Å². The van der Waals surface area contributed by atoms with Crippen LogP contribution in [0.5, 0.6) is 0 Å². The van der Waals surface area contributed by atoms with Crippen LogP contribution >= 0.6 is 0 Å². The maximum Gasteiger partial charge on any atom is 0.246 e. The van der Waals surface area contributed by atoms with Gasteiger partial charge in [0.2, 0.25) is 5.95 Å². The molecule has 0 aromatic carbocycles. The first-order chi connectivity index (χ1) is 8.09.